The van der Waals surface area contributed by atoms with Crippen molar-refractivity contribution in [2.24, 2.45) is 0 Å². The highest BCUT2D eigenvalue weighted by Gasteiger charge is 2.14. The van der Waals surface area contributed by atoms with Crippen molar-refractivity contribution < 1.29 is 13.9 Å². The van der Waals surface area contributed by atoms with Crippen LogP contribution in [0, 0.1) is 5.82 Å². The Hall–Kier alpha value is -2.86. The number of aromatic nitrogens is 2. The van der Waals surface area contributed by atoms with Gasteiger partial charge >= 0.3 is 0 Å². The van der Waals surface area contributed by atoms with Crippen molar-refractivity contribution in [1.29, 1.82) is 0 Å². The smallest absolute Gasteiger partial charge is 0.161 e. The third-order valence-electron chi connectivity index (χ3n) is 4.61. The number of ether oxygens (including phenoxy) is 2. The summed E-state index contributed by atoms with van der Waals surface area (Å²) in [5.74, 6) is 1.17. The molecule has 3 rings (SSSR count). The largest absolute Gasteiger partial charge is 0.493 e. The highest BCUT2D eigenvalue weighted by molar-refractivity contribution is 5.62. The molecule has 5 nitrogen and oxygen atoms in total. The van der Waals surface area contributed by atoms with Gasteiger partial charge in [-0.15, -0.1) is 0 Å². The molecule has 1 aromatic heterocycles. The van der Waals surface area contributed by atoms with Gasteiger partial charge in [-0.3, -0.25) is 5.10 Å². The van der Waals surface area contributed by atoms with Crippen LogP contribution in [0.4, 0.5) is 4.39 Å². The molecule has 1 heterocycles. The number of halogens is 1. The highest BCUT2D eigenvalue weighted by atomic mass is 19.1. The molecular formula is C21H24FN3O2. The summed E-state index contributed by atoms with van der Waals surface area (Å²) in [5.41, 5.74) is 3.96. The SMILES string of the molecule is CC[C@@H](NCc1cn[nH]c1-c1ccc(F)cc1)c1ccc(OC)c(OC)c1. The van der Waals surface area contributed by atoms with E-state index < -0.39 is 0 Å². The van der Waals surface area contributed by atoms with Crippen molar-refractivity contribution in [2.45, 2.75) is 25.9 Å². The summed E-state index contributed by atoms with van der Waals surface area (Å²) < 4.78 is 23.9. The predicted molar refractivity (Wildman–Crippen MR) is 103 cm³/mol. The van der Waals surface area contributed by atoms with Gasteiger partial charge in [-0.25, -0.2) is 4.39 Å². The number of nitrogens with zero attached hydrogens (tertiary/aromatic N) is 1. The molecule has 0 unspecified atom stereocenters. The van der Waals surface area contributed by atoms with Crippen LogP contribution in [0.2, 0.25) is 0 Å². The quantitative estimate of drug-likeness (QED) is 0.615. The molecule has 0 fully saturated rings. The molecule has 0 radical (unpaired) electrons. The lowest BCUT2D eigenvalue weighted by atomic mass is 10.0. The Labute approximate surface area is 158 Å². The Morgan fingerprint density at radius 1 is 1.07 bits per heavy atom. The lowest BCUT2D eigenvalue weighted by Crippen LogP contribution is -2.20. The number of rotatable bonds is 8. The van der Waals surface area contributed by atoms with E-state index in [4.69, 9.17) is 9.47 Å². The average Bonchev–Trinajstić information content (AvgIpc) is 3.17. The Morgan fingerprint density at radius 3 is 2.48 bits per heavy atom. The molecule has 0 amide bonds. The van der Waals surface area contributed by atoms with Gasteiger partial charge in [0.25, 0.3) is 0 Å². The summed E-state index contributed by atoms with van der Waals surface area (Å²) >= 11 is 0. The standard InChI is InChI=1S/C21H24FN3O2/c1-4-18(15-7-10-19(26-2)20(11-15)27-3)23-12-16-13-24-25-21(16)14-5-8-17(22)9-6-14/h5-11,13,18,23H,4,12H2,1-3H3,(H,24,25)/t18-/m1/s1. The zero-order valence-electron chi connectivity index (χ0n) is 15.8. The van der Waals surface area contributed by atoms with Crippen LogP contribution in [0.5, 0.6) is 11.5 Å². The molecule has 0 aliphatic heterocycles. The molecule has 3 aromatic rings. The molecule has 6 heteroatoms. The number of nitrogens with one attached hydrogen (secondary N) is 2. The monoisotopic (exact) mass is 369 g/mol. The predicted octanol–water partition coefficient (Wildman–Crippen LogP) is 4.47. The second kappa shape index (κ2) is 8.68. The fourth-order valence-corrected chi connectivity index (χ4v) is 3.11. The first-order valence-corrected chi connectivity index (χ1v) is 8.89. The van der Waals surface area contributed by atoms with Crippen molar-refractivity contribution in [3.05, 3.63) is 65.6 Å². The Morgan fingerprint density at radius 2 is 1.81 bits per heavy atom. The van der Waals surface area contributed by atoms with Gasteiger partial charge in [0.1, 0.15) is 5.82 Å². The van der Waals surface area contributed by atoms with Crippen molar-refractivity contribution in [3.8, 4) is 22.8 Å². The Bertz CT molecular complexity index is 877. The van der Waals surface area contributed by atoms with Crippen molar-refractivity contribution in [2.75, 3.05) is 14.2 Å². The minimum atomic E-state index is -0.252. The van der Waals surface area contributed by atoms with E-state index in [0.717, 1.165) is 28.8 Å². The van der Waals surface area contributed by atoms with Gasteiger partial charge in [0.15, 0.2) is 11.5 Å². The number of H-pyrrole nitrogens is 1. The lowest BCUT2D eigenvalue weighted by Gasteiger charge is -2.19. The van der Waals surface area contributed by atoms with E-state index in [2.05, 4.69) is 22.4 Å². The van der Waals surface area contributed by atoms with Crippen LogP contribution in [0.3, 0.4) is 0 Å². The van der Waals surface area contributed by atoms with Crippen LogP contribution in [0.15, 0.2) is 48.7 Å². The van der Waals surface area contributed by atoms with Crippen LogP contribution in [-0.4, -0.2) is 24.4 Å². The van der Waals surface area contributed by atoms with Crippen molar-refractivity contribution in [1.82, 2.24) is 15.5 Å². The van der Waals surface area contributed by atoms with E-state index >= 15 is 0 Å². The normalized spacial score (nSPS) is 12.0. The van der Waals surface area contributed by atoms with Gasteiger partial charge in [-0.05, 0) is 48.4 Å². The molecule has 0 aliphatic carbocycles. The highest BCUT2D eigenvalue weighted by Crippen LogP contribution is 2.31. The van der Waals surface area contributed by atoms with Gasteiger partial charge in [-0.2, -0.15) is 5.10 Å². The summed E-state index contributed by atoms with van der Waals surface area (Å²) in [6, 6.07) is 12.5. The van der Waals surface area contributed by atoms with E-state index in [9.17, 15) is 4.39 Å². The molecular weight excluding hydrogens is 345 g/mol. The lowest BCUT2D eigenvalue weighted by molar-refractivity contribution is 0.353. The van der Waals surface area contributed by atoms with Gasteiger partial charge < -0.3 is 14.8 Å². The molecule has 0 bridgehead atoms. The minimum absolute atomic E-state index is 0.153. The summed E-state index contributed by atoms with van der Waals surface area (Å²) in [7, 11) is 3.26. The van der Waals surface area contributed by atoms with Crippen LogP contribution in [-0.2, 0) is 6.54 Å². The molecule has 142 valence electrons. The Balaban J connectivity index is 1.76. The maximum absolute atomic E-state index is 13.2. The van der Waals surface area contributed by atoms with Crippen LogP contribution in [0.1, 0.15) is 30.5 Å². The van der Waals surface area contributed by atoms with Crippen molar-refractivity contribution >= 4 is 0 Å². The van der Waals surface area contributed by atoms with E-state index in [0.29, 0.717) is 18.0 Å². The first-order chi connectivity index (χ1) is 13.2. The van der Waals surface area contributed by atoms with E-state index in [-0.39, 0.29) is 11.9 Å². The second-order valence-electron chi connectivity index (χ2n) is 6.23. The number of hydrogen-bond donors (Lipinski definition) is 2. The molecule has 0 spiro atoms. The number of methoxy groups -OCH3 is 2. The van der Waals surface area contributed by atoms with Gasteiger partial charge in [0.05, 0.1) is 26.1 Å². The number of aromatic amines is 1. The topological polar surface area (TPSA) is 59.2 Å². The van der Waals surface area contributed by atoms with E-state index in [1.807, 2.05) is 18.2 Å². The number of hydrogen-bond acceptors (Lipinski definition) is 4. The van der Waals surface area contributed by atoms with Crippen LogP contribution in [0.25, 0.3) is 11.3 Å². The average molecular weight is 369 g/mol. The summed E-state index contributed by atoms with van der Waals surface area (Å²) in [4.78, 5) is 0. The number of benzene rings is 2. The molecule has 0 aliphatic rings. The summed E-state index contributed by atoms with van der Waals surface area (Å²) in [6.07, 6.45) is 2.71. The maximum Gasteiger partial charge on any atom is 0.161 e. The molecule has 0 saturated heterocycles. The van der Waals surface area contributed by atoms with Gasteiger partial charge in [0, 0.05) is 23.7 Å². The second-order valence-corrected chi connectivity index (χ2v) is 6.23. The van der Waals surface area contributed by atoms with E-state index in [1.165, 1.54) is 12.1 Å². The summed E-state index contributed by atoms with van der Waals surface area (Å²) in [5, 5.41) is 10.7. The van der Waals surface area contributed by atoms with Gasteiger partial charge in [0.2, 0.25) is 0 Å². The van der Waals surface area contributed by atoms with Crippen molar-refractivity contribution in [3.63, 3.8) is 0 Å². The zero-order chi connectivity index (χ0) is 19.2. The maximum atomic E-state index is 13.2. The molecule has 2 N–H and O–H groups in total. The molecule has 27 heavy (non-hydrogen) atoms. The van der Waals surface area contributed by atoms with Crippen LogP contribution < -0.4 is 14.8 Å². The van der Waals surface area contributed by atoms with Crippen LogP contribution >= 0.6 is 0 Å². The first kappa shape index (κ1) is 18.9. The molecule has 0 saturated carbocycles. The fourth-order valence-electron chi connectivity index (χ4n) is 3.11. The molecule has 2 aromatic carbocycles. The first-order valence-electron chi connectivity index (χ1n) is 8.89. The Kier molecular flexibility index (Phi) is 6.08. The van der Waals surface area contributed by atoms with Gasteiger partial charge in [-0.1, -0.05) is 13.0 Å². The molecule has 1 atom stereocenters. The fraction of sp³-hybridized carbons (Fsp3) is 0.286. The third kappa shape index (κ3) is 4.28. The third-order valence-corrected chi connectivity index (χ3v) is 4.61. The zero-order valence-corrected chi connectivity index (χ0v) is 15.8. The summed E-state index contributed by atoms with van der Waals surface area (Å²) in [6.45, 7) is 2.76. The minimum Gasteiger partial charge on any atom is -0.493 e. The van der Waals surface area contributed by atoms with E-state index in [1.54, 1.807) is 32.5 Å².